The molecule has 5 heteroatoms. The second-order valence-electron chi connectivity index (χ2n) is 0.0745. The molecular weight excluding hydrogens is 231 g/mol. The topological polar surface area (TPSA) is 52.5 Å². The summed E-state index contributed by atoms with van der Waals surface area (Å²) in [6.45, 7) is 0. The van der Waals surface area contributed by atoms with E-state index < -0.39 is 0 Å². The van der Waals surface area contributed by atoms with Crippen LogP contribution in [0.5, 0.6) is 0 Å². The molecule has 18 valence electrons. The first kappa shape index (κ1) is 16.8. The Morgan fingerprint density at radius 2 is 1.60 bits per heavy atom. The second-order valence-corrected chi connectivity index (χ2v) is 0.0745. The molecule has 0 fully saturated rings. The maximum Gasteiger partial charge on any atom is 3.00 e. The molecule has 5 heavy (non-hydrogen) atoms. The minimum atomic E-state index is 0. The predicted octanol–water partition coefficient (Wildman–Crippen LogP) is -0.511. The molecule has 0 aliphatic heterocycles. The Hall–Kier alpha value is 0.906. The zero-order valence-corrected chi connectivity index (χ0v) is 8.14. The van der Waals surface area contributed by atoms with E-state index in [0.29, 0.717) is 0 Å². The van der Waals surface area contributed by atoms with E-state index in [9.17, 15) is 0 Å². The Morgan fingerprint density at radius 3 is 1.60 bits per heavy atom. The van der Waals surface area contributed by atoms with Crippen molar-refractivity contribution >= 4 is 45.6 Å². The van der Waals surface area contributed by atoms with Crippen molar-refractivity contribution in [1.82, 2.24) is 0 Å². The van der Waals surface area contributed by atoms with Gasteiger partial charge in [0.25, 0.3) is 0 Å². The average molecular weight is 231 g/mol. The predicted molar refractivity (Wildman–Crippen MR) is 20.7 cm³/mol. The fourth-order valence-corrected chi connectivity index (χ4v) is 0. The third-order valence-electron chi connectivity index (χ3n) is 0. The molecule has 0 aromatic heterocycles. The standard InChI is InChI=1S/Ga.In.HNO2/c;;2-1-3/h;;(H,2,3)/q2*+3;/p-1. The zero-order chi connectivity index (χ0) is 2.71. The first-order chi connectivity index (χ1) is 1.41. The third-order valence-corrected chi connectivity index (χ3v) is 0. The van der Waals surface area contributed by atoms with Crippen molar-refractivity contribution in [3.63, 3.8) is 0 Å². The van der Waals surface area contributed by atoms with Crippen LogP contribution < -0.4 is 0 Å². The van der Waals surface area contributed by atoms with Gasteiger partial charge in [0.2, 0.25) is 0 Å². The molecule has 0 unspecified atom stereocenters. The van der Waals surface area contributed by atoms with Gasteiger partial charge in [-0.25, -0.2) is 0 Å². The molecule has 0 bridgehead atoms. The molecule has 0 atom stereocenters. The Morgan fingerprint density at radius 1 is 1.60 bits per heavy atom. The van der Waals surface area contributed by atoms with Crippen molar-refractivity contribution in [3.05, 3.63) is 10.1 Å². The Bertz CT molecular complexity index is 17.1. The van der Waals surface area contributed by atoms with Crippen LogP contribution in [0, 0.1) is 10.1 Å². The van der Waals surface area contributed by atoms with Gasteiger partial charge in [-0.1, -0.05) is 0 Å². The maximum atomic E-state index is 8.00. The van der Waals surface area contributed by atoms with Crippen LogP contribution in [0.3, 0.4) is 0 Å². The van der Waals surface area contributed by atoms with E-state index in [1.807, 2.05) is 0 Å². The molecule has 0 aliphatic carbocycles. The quantitative estimate of drug-likeness (QED) is 0.320. The summed E-state index contributed by atoms with van der Waals surface area (Å²) in [4.78, 5) is 8.00. The summed E-state index contributed by atoms with van der Waals surface area (Å²) in [5, 5.41) is 9.00. The molecule has 3 nitrogen and oxygen atoms in total. The molecular formula is GaInNO2+5. The van der Waals surface area contributed by atoms with Gasteiger partial charge in [0.05, 0.1) is 0 Å². The second kappa shape index (κ2) is 20.6. The fourth-order valence-electron chi connectivity index (χ4n) is 0. The van der Waals surface area contributed by atoms with Crippen molar-refractivity contribution in [2.24, 2.45) is 5.34 Å². The van der Waals surface area contributed by atoms with Crippen molar-refractivity contribution in [2.45, 2.75) is 0 Å². The van der Waals surface area contributed by atoms with Crippen LogP contribution in [0.2, 0.25) is 0 Å². The minimum absolute atomic E-state index is 0. The molecule has 0 saturated heterocycles. The Labute approximate surface area is 60.9 Å². The van der Waals surface area contributed by atoms with E-state index >= 15 is 0 Å². The van der Waals surface area contributed by atoms with E-state index in [2.05, 4.69) is 0 Å². The molecule has 0 aliphatic rings. The number of hydrogen-bond donors (Lipinski definition) is 0. The number of rotatable bonds is 0. The van der Waals surface area contributed by atoms with Gasteiger partial charge in [0.1, 0.15) is 0 Å². The summed E-state index contributed by atoms with van der Waals surface area (Å²) in [7, 11) is 0. The molecule has 0 aromatic rings. The zero-order valence-electron chi connectivity index (χ0n) is 2.42. The first-order valence-electron chi connectivity index (χ1n) is 0.365. The Balaban J connectivity index is -0.0000000200. The van der Waals surface area contributed by atoms with Gasteiger partial charge in [-0.3, -0.25) is 0 Å². The maximum absolute atomic E-state index is 8.00. The Kier molecular flexibility index (Phi) is 69.3. The SMILES string of the molecule is O=N[O-].[Ga+3].[In+3]. The van der Waals surface area contributed by atoms with Crippen molar-refractivity contribution in [2.75, 3.05) is 0 Å². The monoisotopic (exact) mass is 230 g/mol. The van der Waals surface area contributed by atoms with Gasteiger partial charge in [0.15, 0.2) is 0 Å². The van der Waals surface area contributed by atoms with E-state index in [-0.39, 0.29) is 45.6 Å². The van der Waals surface area contributed by atoms with Crippen LogP contribution >= 0.6 is 0 Å². The van der Waals surface area contributed by atoms with Gasteiger partial charge < -0.3 is 10.1 Å². The summed E-state index contributed by atoms with van der Waals surface area (Å²) in [5.41, 5.74) is 0. The van der Waals surface area contributed by atoms with Crippen LogP contribution in [-0.2, 0) is 0 Å². The van der Waals surface area contributed by atoms with Crippen molar-refractivity contribution in [1.29, 1.82) is 0 Å². The van der Waals surface area contributed by atoms with E-state index in [4.69, 9.17) is 10.1 Å². The first-order valence-corrected chi connectivity index (χ1v) is 0.365. The van der Waals surface area contributed by atoms with Crippen LogP contribution in [0.25, 0.3) is 0 Å². The van der Waals surface area contributed by atoms with E-state index in [1.165, 1.54) is 0 Å². The molecule has 0 saturated carbocycles. The molecule has 0 amide bonds. The molecule has 0 heterocycles. The number of hydrogen-bond acceptors (Lipinski definition) is 3. The molecule has 0 N–H and O–H groups in total. The fraction of sp³-hybridized carbons (Fsp3) is 0. The van der Waals surface area contributed by atoms with Gasteiger partial charge in [-0.15, -0.1) is 5.34 Å². The number of nitrogens with zero attached hydrogens (tertiary/aromatic N) is 1. The van der Waals surface area contributed by atoms with Crippen LogP contribution in [0.4, 0.5) is 0 Å². The van der Waals surface area contributed by atoms with Crippen LogP contribution in [-0.4, -0.2) is 45.6 Å². The minimum Gasteiger partial charge on any atom is -0.444 e. The van der Waals surface area contributed by atoms with Crippen molar-refractivity contribution in [3.8, 4) is 0 Å². The molecule has 0 spiro atoms. The van der Waals surface area contributed by atoms with Gasteiger partial charge in [-0.2, -0.15) is 0 Å². The van der Waals surface area contributed by atoms with Crippen molar-refractivity contribution < 1.29 is 0 Å². The summed E-state index contributed by atoms with van der Waals surface area (Å²) in [6.07, 6.45) is 0. The largest absolute Gasteiger partial charge is 3.00 e. The summed E-state index contributed by atoms with van der Waals surface area (Å²) >= 11 is 0. The van der Waals surface area contributed by atoms with Gasteiger partial charge in [0, 0.05) is 0 Å². The van der Waals surface area contributed by atoms with E-state index in [1.54, 1.807) is 0 Å². The van der Waals surface area contributed by atoms with Gasteiger partial charge in [-0.05, 0) is 0 Å². The smallest absolute Gasteiger partial charge is 0.444 e. The molecule has 0 rings (SSSR count). The van der Waals surface area contributed by atoms with E-state index in [0.717, 1.165) is 5.34 Å². The molecule has 0 radical (unpaired) electrons. The molecule has 0 aromatic carbocycles. The summed E-state index contributed by atoms with van der Waals surface area (Å²) in [5.74, 6) is 0. The average Bonchev–Trinajstić information content (AvgIpc) is 0.918. The van der Waals surface area contributed by atoms with Gasteiger partial charge >= 0.3 is 45.6 Å². The third kappa shape index (κ3) is 50.4. The van der Waals surface area contributed by atoms with Crippen LogP contribution in [0.1, 0.15) is 0 Å². The normalized spacial score (nSPS) is 2.40. The van der Waals surface area contributed by atoms with Crippen LogP contribution in [0.15, 0.2) is 5.34 Å². The summed E-state index contributed by atoms with van der Waals surface area (Å²) in [6, 6.07) is 0. The summed E-state index contributed by atoms with van der Waals surface area (Å²) < 4.78 is 0.